The first kappa shape index (κ1) is 11.9. The Labute approximate surface area is 84.4 Å². The van der Waals surface area contributed by atoms with Crippen LogP contribution in [0, 0.1) is 5.92 Å². The molecular formula is C9H16ClNS. The SMILES string of the molecule is CCC(C)[C@@H](N)c1cccs1.Cl. The Kier molecular flexibility index (Phi) is 5.55. The van der Waals surface area contributed by atoms with E-state index in [9.17, 15) is 0 Å². The van der Waals surface area contributed by atoms with Crippen LogP contribution in [-0.2, 0) is 0 Å². The van der Waals surface area contributed by atoms with E-state index in [2.05, 4.69) is 31.4 Å². The summed E-state index contributed by atoms with van der Waals surface area (Å²) < 4.78 is 0. The molecule has 0 aliphatic heterocycles. The van der Waals surface area contributed by atoms with Gasteiger partial charge < -0.3 is 5.73 Å². The summed E-state index contributed by atoms with van der Waals surface area (Å²) in [6.45, 7) is 4.38. The van der Waals surface area contributed by atoms with E-state index in [0.29, 0.717) is 5.92 Å². The Hall–Kier alpha value is -0.0500. The Bertz CT molecular complexity index is 198. The zero-order valence-corrected chi connectivity index (χ0v) is 9.12. The molecule has 1 rings (SSSR count). The van der Waals surface area contributed by atoms with Crippen molar-refractivity contribution in [2.24, 2.45) is 11.7 Å². The molecule has 0 aliphatic rings. The van der Waals surface area contributed by atoms with E-state index in [-0.39, 0.29) is 18.4 Å². The monoisotopic (exact) mass is 205 g/mol. The molecule has 70 valence electrons. The van der Waals surface area contributed by atoms with Crippen LogP contribution in [0.3, 0.4) is 0 Å². The average molecular weight is 206 g/mol. The Morgan fingerprint density at radius 1 is 1.58 bits per heavy atom. The van der Waals surface area contributed by atoms with Crippen LogP contribution in [0.1, 0.15) is 31.2 Å². The lowest BCUT2D eigenvalue weighted by atomic mass is 9.99. The van der Waals surface area contributed by atoms with Crippen LogP contribution in [0.15, 0.2) is 17.5 Å². The number of thiophene rings is 1. The van der Waals surface area contributed by atoms with Crippen molar-refractivity contribution in [2.45, 2.75) is 26.3 Å². The van der Waals surface area contributed by atoms with Crippen molar-refractivity contribution in [3.63, 3.8) is 0 Å². The normalized spacial score (nSPS) is 14.9. The third kappa shape index (κ3) is 2.77. The Balaban J connectivity index is 0.00000121. The number of rotatable bonds is 3. The van der Waals surface area contributed by atoms with E-state index in [4.69, 9.17) is 5.73 Å². The van der Waals surface area contributed by atoms with Crippen LogP contribution in [0.25, 0.3) is 0 Å². The second kappa shape index (κ2) is 5.57. The first-order valence-corrected chi connectivity index (χ1v) is 4.92. The topological polar surface area (TPSA) is 26.0 Å². The van der Waals surface area contributed by atoms with Gasteiger partial charge in [0.25, 0.3) is 0 Å². The molecule has 0 bridgehead atoms. The van der Waals surface area contributed by atoms with Gasteiger partial charge in [0.15, 0.2) is 0 Å². The zero-order chi connectivity index (χ0) is 8.27. The van der Waals surface area contributed by atoms with Gasteiger partial charge in [-0.3, -0.25) is 0 Å². The van der Waals surface area contributed by atoms with Gasteiger partial charge in [-0.25, -0.2) is 0 Å². The number of hydrogen-bond donors (Lipinski definition) is 1. The summed E-state index contributed by atoms with van der Waals surface area (Å²) in [7, 11) is 0. The quantitative estimate of drug-likeness (QED) is 0.806. The Morgan fingerprint density at radius 3 is 2.67 bits per heavy atom. The molecule has 2 atom stereocenters. The maximum atomic E-state index is 6.00. The third-order valence-electron chi connectivity index (χ3n) is 2.13. The van der Waals surface area contributed by atoms with Crippen molar-refractivity contribution in [2.75, 3.05) is 0 Å². The minimum Gasteiger partial charge on any atom is -0.323 e. The number of halogens is 1. The van der Waals surface area contributed by atoms with Crippen LogP contribution in [0.4, 0.5) is 0 Å². The van der Waals surface area contributed by atoms with Gasteiger partial charge in [0.2, 0.25) is 0 Å². The van der Waals surface area contributed by atoms with Gasteiger partial charge in [-0.1, -0.05) is 26.3 Å². The van der Waals surface area contributed by atoms with E-state index >= 15 is 0 Å². The summed E-state index contributed by atoms with van der Waals surface area (Å²) >= 11 is 1.75. The molecule has 1 nitrogen and oxygen atoms in total. The largest absolute Gasteiger partial charge is 0.323 e. The molecule has 2 N–H and O–H groups in total. The lowest BCUT2D eigenvalue weighted by molar-refractivity contribution is 0.462. The molecule has 0 radical (unpaired) electrons. The van der Waals surface area contributed by atoms with Crippen LogP contribution in [0.5, 0.6) is 0 Å². The van der Waals surface area contributed by atoms with Gasteiger partial charge in [0, 0.05) is 10.9 Å². The van der Waals surface area contributed by atoms with Crippen molar-refractivity contribution in [1.82, 2.24) is 0 Å². The van der Waals surface area contributed by atoms with E-state index in [1.807, 2.05) is 0 Å². The minimum absolute atomic E-state index is 0. The Morgan fingerprint density at radius 2 is 2.25 bits per heavy atom. The predicted octanol–water partition coefficient (Wildman–Crippen LogP) is 3.22. The second-order valence-corrected chi connectivity index (χ2v) is 3.91. The molecule has 12 heavy (non-hydrogen) atoms. The molecule has 1 unspecified atom stereocenters. The van der Waals surface area contributed by atoms with Gasteiger partial charge in [-0.15, -0.1) is 23.7 Å². The van der Waals surface area contributed by atoms with Crippen molar-refractivity contribution in [1.29, 1.82) is 0 Å². The maximum absolute atomic E-state index is 6.00. The molecule has 0 fully saturated rings. The minimum atomic E-state index is 0. The fourth-order valence-electron chi connectivity index (χ4n) is 1.02. The first-order chi connectivity index (χ1) is 5.25. The smallest absolute Gasteiger partial charge is 0.0415 e. The molecule has 0 saturated carbocycles. The highest BCUT2D eigenvalue weighted by Crippen LogP contribution is 2.24. The molecule has 0 spiro atoms. The van der Waals surface area contributed by atoms with Gasteiger partial charge >= 0.3 is 0 Å². The third-order valence-corrected chi connectivity index (χ3v) is 3.10. The summed E-state index contributed by atoms with van der Waals surface area (Å²) in [4.78, 5) is 1.30. The van der Waals surface area contributed by atoms with E-state index in [1.165, 1.54) is 4.88 Å². The van der Waals surface area contributed by atoms with Gasteiger partial charge in [0.1, 0.15) is 0 Å². The lowest BCUT2D eigenvalue weighted by Crippen LogP contribution is -2.16. The lowest BCUT2D eigenvalue weighted by Gasteiger charge is -2.15. The standard InChI is InChI=1S/C9H15NS.ClH/c1-3-7(2)9(10)8-5-4-6-11-8;/h4-7,9H,3,10H2,1-2H3;1H/t7?,9-;/m1./s1. The van der Waals surface area contributed by atoms with Gasteiger partial charge in [-0.05, 0) is 17.4 Å². The summed E-state index contributed by atoms with van der Waals surface area (Å²) in [5.41, 5.74) is 6.00. The van der Waals surface area contributed by atoms with E-state index < -0.39 is 0 Å². The summed E-state index contributed by atoms with van der Waals surface area (Å²) in [6.07, 6.45) is 1.15. The molecule has 0 aliphatic carbocycles. The van der Waals surface area contributed by atoms with Crippen LogP contribution >= 0.6 is 23.7 Å². The number of nitrogens with two attached hydrogens (primary N) is 1. The highest BCUT2D eigenvalue weighted by molar-refractivity contribution is 7.10. The van der Waals surface area contributed by atoms with Crippen molar-refractivity contribution in [3.05, 3.63) is 22.4 Å². The maximum Gasteiger partial charge on any atom is 0.0415 e. The average Bonchev–Trinajstić information content (AvgIpc) is 2.53. The first-order valence-electron chi connectivity index (χ1n) is 4.04. The summed E-state index contributed by atoms with van der Waals surface area (Å²) in [6, 6.07) is 4.41. The van der Waals surface area contributed by atoms with Gasteiger partial charge in [-0.2, -0.15) is 0 Å². The summed E-state index contributed by atoms with van der Waals surface area (Å²) in [5.74, 6) is 0.591. The molecule has 0 saturated heterocycles. The molecule has 1 aromatic heterocycles. The van der Waals surface area contributed by atoms with E-state index in [0.717, 1.165) is 6.42 Å². The second-order valence-electron chi connectivity index (χ2n) is 2.93. The van der Waals surface area contributed by atoms with Gasteiger partial charge in [0.05, 0.1) is 0 Å². The molecular weight excluding hydrogens is 190 g/mol. The van der Waals surface area contributed by atoms with Crippen LogP contribution in [0.2, 0.25) is 0 Å². The van der Waals surface area contributed by atoms with Crippen molar-refractivity contribution in [3.8, 4) is 0 Å². The zero-order valence-electron chi connectivity index (χ0n) is 7.49. The van der Waals surface area contributed by atoms with E-state index in [1.54, 1.807) is 11.3 Å². The fraction of sp³-hybridized carbons (Fsp3) is 0.556. The van der Waals surface area contributed by atoms with Crippen LogP contribution in [-0.4, -0.2) is 0 Å². The number of hydrogen-bond acceptors (Lipinski definition) is 2. The molecule has 0 aromatic carbocycles. The highest BCUT2D eigenvalue weighted by Gasteiger charge is 2.12. The predicted molar refractivity (Wildman–Crippen MR) is 58.0 cm³/mol. The van der Waals surface area contributed by atoms with Crippen molar-refractivity contribution >= 4 is 23.7 Å². The molecule has 1 aromatic rings. The molecule has 1 heterocycles. The van der Waals surface area contributed by atoms with Crippen molar-refractivity contribution < 1.29 is 0 Å². The molecule has 0 amide bonds. The van der Waals surface area contributed by atoms with Crippen LogP contribution < -0.4 is 5.73 Å². The molecule has 3 heteroatoms. The summed E-state index contributed by atoms with van der Waals surface area (Å²) in [5, 5.41) is 2.08. The highest BCUT2D eigenvalue weighted by atomic mass is 35.5. The fourth-order valence-corrected chi connectivity index (χ4v) is 1.88.